The number of Topliss-reactive ketones (excluding diaryl/α,β-unsaturated/α-hetero) is 1. The summed E-state index contributed by atoms with van der Waals surface area (Å²) >= 11 is 0. The van der Waals surface area contributed by atoms with Crippen molar-refractivity contribution < 1.29 is 28.7 Å². The highest BCUT2D eigenvalue weighted by molar-refractivity contribution is 7.53. The quantitative estimate of drug-likeness (QED) is 0.108. The number of piperidine rings is 1. The summed E-state index contributed by atoms with van der Waals surface area (Å²) in [7, 11) is -3.37. The van der Waals surface area contributed by atoms with Crippen LogP contribution in [0.1, 0.15) is 50.3 Å². The van der Waals surface area contributed by atoms with Crippen LogP contribution >= 0.6 is 7.60 Å². The van der Waals surface area contributed by atoms with Crippen molar-refractivity contribution in [1.82, 2.24) is 9.80 Å². The molecule has 0 aromatic heterocycles. The molecule has 1 unspecified atom stereocenters. The number of carbonyl (C=O) groups is 3. The van der Waals surface area contributed by atoms with Gasteiger partial charge in [0.05, 0.1) is 5.56 Å². The van der Waals surface area contributed by atoms with E-state index in [4.69, 9.17) is 0 Å². The van der Waals surface area contributed by atoms with E-state index in [1.54, 1.807) is 77.5 Å². The molecule has 0 bridgehead atoms. The Hall–Kier alpha value is -4.88. The lowest BCUT2D eigenvalue weighted by Crippen LogP contribution is -2.47. The first-order chi connectivity index (χ1) is 22.6. The summed E-state index contributed by atoms with van der Waals surface area (Å²) < 4.78 is 13.1. The number of likely N-dealkylation sites (tertiary alicyclic amines) is 1. The molecule has 6 rings (SSSR count). The molecule has 0 radical (unpaired) electrons. The predicted molar refractivity (Wildman–Crippen MR) is 184 cm³/mol. The Morgan fingerprint density at radius 2 is 1.36 bits per heavy atom. The smallest absolute Gasteiger partial charge is 0.339 e. The zero-order valence-electron chi connectivity index (χ0n) is 25.9. The number of ketones is 1. The van der Waals surface area contributed by atoms with Gasteiger partial charge in [0.2, 0.25) is 5.91 Å². The molecule has 1 heterocycles. The zero-order chi connectivity index (χ0) is 33.1. The van der Waals surface area contributed by atoms with Gasteiger partial charge in [-0.3, -0.25) is 18.9 Å². The average molecular weight is 647 g/mol. The monoisotopic (exact) mass is 646 g/mol. The fourth-order valence-electron chi connectivity index (χ4n) is 6.40. The van der Waals surface area contributed by atoms with Crippen molar-refractivity contribution >= 4 is 52.8 Å². The van der Waals surface area contributed by atoms with Crippen LogP contribution < -0.4 is 0 Å². The molecule has 5 aromatic carbocycles. The first-order valence-electron chi connectivity index (χ1n) is 15.5. The van der Waals surface area contributed by atoms with Gasteiger partial charge in [0.25, 0.3) is 5.91 Å². The number of fused-ring (bicyclic) bond motifs is 2. The highest BCUT2D eigenvalue weighted by Gasteiger charge is 2.40. The number of nitrogens with zero attached hydrogens (tertiary/aromatic N) is 2. The van der Waals surface area contributed by atoms with E-state index in [0.717, 1.165) is 16.3 Å². The molecule has 5 aromatic rings. The maximum absolute atomic E-state index is 14.4. The Morgan fingerprint density at radius 3 is 2.02 bits per heavy atom. The van der Waals surface area contributed by atoms with Gasteiger partial charge >= 0.3 is 7.60 Å². The summed E-state index contributed by atoms with van der Waals surface area (Å²) in [6, 6.07) is 32.0. The van der Waals surface area contributed by atoms with Gasteiger partial charge in [-0.1, -0.05) is 97.1 Å². The van der Waals surface area contributed by atoms with Gasteiger partial charge in [0.15, 0.2) is 5.78 Å². The molecule has 238 valence electrons. The van der Waals surface area contributed by atoms with Crippen LogP contribution in [-0.2, 0) is 9.36 Å². The van der Waals surface area contributed by atoms with Crippen LogP contribution in [0, 0.1) is 0 Å². The molecule has 0 spiro atoms. The van der Waals surface area contributed by atoms with Crippen LogP contribution in [0.3, 0.4) is 0 Å². The van der Waals surface area contributed by atoms with Gasteiger partial charge in [-0.2, -0.15) is 0 Å². The van der Waals surface area contributed by atoms with E-state index in [9.17, 15) is 28.7 Å². The van der Waals surface area contributed by atoms with Gasteiger partial charge < -0.3 is 19.6 Å². The number of hydrogen-bond acceptors (Lipinski definition) is 4. The molecule has 1 fully saturated rings. The molecule has 0 saturated carbocycles. The van der Waals surface area contributed by atoms with Crippen molar-refractivity contribution in [3.05, 3.63) is 138 Å². The van der Waals surface area contributed by atoms with Gasteiger partial charge in [0.1, 0.15) is 5.66 Å². The second-order valence-corrected chi connectivity index (χ2v) is 13.6. The minimum atomic E-state index is -5.04. The summed E-state index contributed by atoms with van der Waals surface area (Å²) in [6.07, 6.45) is 4.44. The molecule has 9 heteroatoms. The summed E-state index contributed by atoms with van der Waals surface area (Å²) in [5.41, 5.74) is -0.618. The van der Waals surface area contributed by atoms with E-state index in [1.807, 2.05) is 60.7 Å². The third-order valence-corrected chi connectivity index (χ3v) is 10.1. The average Bonchev–Trinajstić information content (AvgIpc) is 3.09. The van der Waals surface area contributed by atoms with Crippen LogP contribution in [0.25, 0.3) is 27.6 Å². The van der Waals surface area contributed by atoms with Crippen LogP contribution in [0.5, 0.6) is 0 Å². The molecule has 0 aliphatic carbocycles. The van der Waals surface area contributed by atoms with Crippen LogP contribution in [0.15, 0.2) is 115 Å². The van der Waals surface area contributed by atoms with Crippen molar-refractivity contribution in [1.29, 1.82) is 0 Å². The van der Waals surface area contributed by atoms with E-state index >= 15 is 0 Å². The minimum absolute atomic E-state index is 0.0412. The Balaban J connectivity index is 1.29. The first-order valence-corrected chi connectivity index (χ1v) is 17.2. The van der Waals surface area contributed by atoms with Crippen LogP contribution in [0.2, 0.25) is 0 Å². The Kier molecular flexibility index (Phi) is 9.19. The molecule has 1 aliphatic rings. The fourth-order valence-corrected chi connectivity index (χ4v) is 7.43. The van der Waals surface area contributed by atoms with Crippen molar-refractivity contribution in [2.45, 2.75) is 24.5 Å². The van der Waals surface area contributed by atoms with Gasteiger partial charge in [-0.25, -0.2) is 0 Å². The second kappa shape index (κ2) is 13.5. The maximum Gasteiger partial charge on any atom is 0.340 e. The van der Waals surface area contributed by atoms with Crippen LogP contribution in [0.4, 0.5) is 0 Å². The Labute approximate surface area is 273 Å². The largest absolute Gasteiger partial charge is 0.340 e. The van der Waals surface area contributed by atoms with E-state index in [1.165, 1.54) is 0 Å². The molecule has 1 saturated heterocycles. The number of benzene rings is 5. The van der Waals surface area contributed by atoms with Crippen molar-refractivity contribution in [2.75, 3.05) is 20.1 Å². The summed E-state index contributed by atoms with van der Waals surface area (Å²) in [6.45, 7) is 0.927. The number of hydrogen-bond donors (Lipinski definition) is 2. The van der Waals surface area contributed by atoms with E-state index in [-0.39, 0.29) is 28.6 Å². The lowest BCUT2D eigenvalue weighted by Gasteiger charge is -2.36. The lowest BCUT2D eigenvalue weighted by atomic mass is 9.91. The van der Waals surface area contributed by atoms with Crippen molar-refractivity contribution in [3.63, 3.8) is 0 Å². The lowest BCUT2D eigenvalue weighted by molar-refractivity contribution is -0.127. The van der Waals surface area contributed by atoms with E-state index in [0.29, 0.717) is 36.7 Å². The molecule has 1 aliphatic heterocycles. The predicted octanol–water partition coefficient (Wildman–Crippen LogP) is 6.87. The summed E-state index contributed by atoms with van der Waals surface area (Å²) in [4.78, 5) is 66.0. The van der Waals surface area contributed by atoms with Gasteiger partial charge in [0, 0.05) is 37.8 Å². The molecular formula is C38H35N2O6P. The molecule has 2 N–H and O–H groups in total. The highest BCUT2D eigenvalue weighted by atomic mass is 31.2. The second-order valence-electron chi connectivity index (χ2n) is 11.9. The Bertz CT molecular complexity index is 2040. The summed E-state index contributed by atoms with van der Waals surface area (Å²) in [5.74, 6) is -1.33. The third-order valence-electron chi connectivity index (χ3n) is 8.95. The zero-order valence-corrected chi connectivity index (χ0v) is 26.8. The number of carbonyl (C=O) groups excluding carboxylic acids is 3. The third kappa shape index (κ3) is 6.81. The minimum Gasteiger partial charge on any atom is -0.339 e. The van der Waals surface area contributed by atoms with Gasteiger partial charge in [-0.05, 0) is 63.7 Å². The van der Waals surface area contributed by atoms with Crippen LogP contribution in [-0.4, -0.2) is 63.4 Å². The Morgan fingerprint density at radius 1 is 0.787 bits per heavy atom. The SMILES string of the molecule is CN(C(=O)c1cc2ccccc2cc1C(=O)C(c1cccc2ccccc12)P(=O)(O)O)C1CCN(C(=O)/C=C/c2ccccc2)CC1. The highest BCUT2D eigenvalue weighted by Crippen LogP contribution is 2.55. The first kappa shape index (κ1) is 32.1. The molecule has 2 amide bonds. The van der Waals surface area contributed by atoms with Crippen molar-refractivity contribution in [3.8, 4) is 0 Å². The number of amides is 2. The maximum atomic E-state index is 14.4. The van der Waals surface area contributed by atoms with Gasteiger partial charge in [-0.15, -0.1) is 0 Å². The normalized spacial score (nSPS) is 14.8. The molecule has 1 atom stereocenters. The standard InChI is InChI=1S/C38H35N2O6P/c1-39(30-20-22-40(23-21-30)35(41)19-18-26-10-3-2-4-11-26)38(43)34-25-29-14-6-5-13-28(29)24-33(34)36(42)37(47(44,45)46)32-17-9-15-27-12-7-8-16-31(27)32/h2-19,24-25,30,37H,20-23H2,1H3,(H2,44,45,46)/b19-18+. The topological polar surface area (TPSA) is 115 Å². The molecule has 47 heavy (non-hydrogen) atoms. The molecule has 8 nitrogen and oxygen atoms in total. The molecular weight excluding hydrogens is 611 g/mol. The van der Waals surface area contributed by atoms with Crippen molar-refractivity contribution in [2.24, 2.45) is 0 Å². The van der Waals surface area contributed by atoms with E-state index in [2.05, 4.69) is 0 Å². The van der Waals surface area contributed by atoms with E-state index < -0.39 is 24.9 Å². The number of rotatable bonds is 8. The fraction of sp³-hybridized carbons (Fsp3) is 0.184. The summed E-state index contributed by atoms with van der Waals surface area (Å²) in [5, 5.41) is 2.70.